The van der Waals surface area contributed by atoms with E-state index in [1.54, 1.807) is 0 Å². The van der Waals surface area contributed by atoms with Crippen molar-refractivity contribution >= 4 is 5.96 Å². The maximum atomic E-state index is 13.0. The van der Waals surface area contributed by atoms with Gasteiger partial charge in [-0.25, -0.2) is 4.39 Å². The minimum absolute atomic E-state index is 0.0569. The lowest BCUT2D eigenvalue weighted by Gasteiger charge is -2.15. The monoisotopic (exact) mass is 307 g/mol. The third-order valence-electron chi connectivity index (χ3n) is 2.65. The standard InChI is InChI=1S/C13H17F4N3O/c1-18-12(19-5-6-21-2)20-8-9-3-4-10(14)7-11(9)13(15,16)17/h3-4,7H,5-6,8H2,1-2H3,(H2,18,19,20). The second-order valence-electron chi connectivity index (χ2n) is 4.14. The van der Waals surface area contributed by atoms with Crippen LogP contribution in [-0.4, -0.2) is 33.3 Å². The van der Waals surface area contributed by atoms with Gasteiger partial charge in [-0.15, -0.1) is 0 Å². The van der Waals surface area contributed by atoms with E-state index in [1.165, 1.54) is 14.2 Å². The van der Waals surface area contributed by atoms with Crippen LogP contribution in [0.3, 0.4) is 0 Å². The molecule has 2 N–H and O–H groups in total. The zero-order chi connectivity index (χ0) is 15.9. The molecule has 0 aliphatic heterocycles. The van der Waals surface area contributed by atoms with Crippen molar-refractivity contribution in [3.05, 3.63) is 35.1 Å². The smallest absolute Gasteiger partial charge is 0.383 e. The number of alkyl halides is 3. The fraction of sp³-hybridized carbons (Fsp3) is 0.462. The van der Waals surface area contributed by atoms with Crippen molar-refractivity contribution in [1.29, 1.82) is 0 Å². The van der Waals surface area contributed by atoms with Crippen molar-refractivity contribution < 1.29 is 22.3 Å². The van der Waals surface area contributed by atoms with Crippen LogP contribution in [0.5, 0.6) is 0 Å². The van der Waals surface area contributed by atoms with Crippen LogP contribution < -0.4 is 10.6 Å². The normalized spacial score (nSPS) is 12.4. The molecule has 1 aromatic carbocycles. The Morgan fingerprint density at radius 2 is 2.00 bits per heavy atom. The maximum absolute atomic E-state index is 13.0. The third kappa shape index (κ3) is 5.58. The first-order chi connectivity index (χ1) is 9.88. The summed E-state index contributed by atoms with van der Waals surface area (Å²) in [5, 5.41) is 5.61. The summed E-state index contributed by atoms with van der Waals surface area (Å²) in [6.45, 7) is 0.776. The highest BCUT2D eigenvalue weighted by molar-refractivity contribution is 5.79. The Hall–Kier alpha value is -1.83. The zero-order valence-electron chi connectivity index (χ0n) is 11.7. The van der Waals surface area contributed by atoms with Crippen LogP contribution in [0.4, 0.5) is 17.6 Å². The number of ether oxygens (including phenoxy) is 1. The molecule has 0 fully saturated rings. The predicted octanol–water partition coefficient (Wildman–Crippen LogP) is 2.16. The number of hydrogen-bond acceptors (Lipinski definition) is 2. The Morgan fingerprint density at radius 1 is 1.29 bits per heavy atom. The fourth-order valence-corrected chi connectivity index (χ4v) is 1.64. The summed E-state index contributed by atoms with van der Waals surface area (Å²) in [5.74, 6) is -0.585. The number of guanidine groups is 1. The Bertz CT molecular complexity index is 489. The molecule has 0 atom stereocenters. The molecule has 0 unspecified atom stereocenters. The van der Waals surface area contributed by atoms with Crippen LogP contribution in [0.15, 0.2) is 23.2 Å². The Labute approximate surface area is 120 Å². The van der Waals surface area contributed by atoms with Crippen molar-refractivity contribution in [3.8, 4) is 0 Å². The second-order valence-corrected chi connectivity index (χ2v) is 4.14. The molecule has 0 amide bonds. The number of nitrogens with one attached hydrogen (secondary N) is 2. The molecule has 0 radical (unpaired) electrons. The van der Waals surface area contributed by atoms with Gasteiger partial charge in [0.25, 0.3) is 0 Å². The lowest BCUT2D eigenvalue weighted by molar-refractivity contribution is -0.138. The molecule has 8 heteroatoms. The molecule has 0 aliphatic rings. The number of hydrogen-bond donors (Lipinski definition) is 2. The highest BCUT2D eigenvalue weighted by Crippen LogP contribution is 2.32. The minimum atomic E-state index is -4.61. The van der Waals surface area contributed by atoms with Crippen molar-refractivity contribution in [2.45, 2.75) is 12.7 Å². The van der Waals surface area contributed by atoms with Gasteiger partial charge in [-0.1, -0.05) is 6.07 Å². The van der Waals surface area contributed by atoms with Gasteiger partial charge in [0.1, 0.15) is 5.82 Å². The second kappa shape index (κ2) is 7.82. The highest BCUT2D eigenvalue weighted by atomic mass is 19.4. The van der Waals surface area contributed by atoms with E-state index in [4.69, 9.17) is 4.74 Å². The van der Waals surface area contributed by atoms with Crippen LogP contribution >= 0.6 is 0 Å². The maximum Gasteiger partial charge on any atom is 0.416 e. The van der Waals surface area contributed by atoms with Gasteiger partial charge < -0.3 is 15.4 Å². The van der Waals surface area contributed by atoms with Gasteiger partial charge in [0.2, 0.25) is 0 Å². The predicted molar refractivity (Wildman–Crippen MR) is 71.5 cm³/mol. The van der Waals surface area contributed by atoms with Gasteiger partial charge >= 0.3 is 6.18 Å². The topological polar surface area (TPSA) is 45.7 Å². The van der Waals surface area contributed by atoms with E-state index in [-0.39, 0.29) is 12.1 Å². The lowest BCUT2D eigenvalue weighted by atomic mass is 10.1. The summed E-state index contributed by atoms with van der Waals surface area (Å²) in [7, 11) is 3.03. The van der Waals surface area contributed by atoms with Crippen LogP contribution in [0.1, 0.15) is 11.1 Å². The van der Waals surface area contributed by atoms with E-state index in [1.807, 2.05) is 0 Å². The first kappa shape index (κ1) is 17.2. The van der Waals surface area contributed by atoms with Crippen LogP contribution in [0.25, 0.3) is 0 Å². The summed E-state index contributed by atoms with van der Waals surface area (Å²) in [6, 6.07) is 2.58. The molecule has 0 heterocycles. The molecule has 0 aliphatic carbocycles. The summed E-state index contributed by atoms with van der Waals surface area (Å²) in [4.78, 5) is 3.87. The summed E-state index contributed by atoms with van der Waals surface area (Å²) in [5.41, 5.74) is -1.05. The zero-order valence-corrected chi connectivity index (χ0v) is 11.7. The Morgan fingerprint density at radius 3 is 2.57 bits per heavy atom. The van der Waals surface area contributed by atoms with Crippen molar-refractivity contribution in [2.75, 3.05) is 27.3 Å². The third-order valence-corrected chi connectivity index (χ3v) is 2.65. The number of rotatable bonds is 5. The molecule has 4 nitrogen and oxygen atoms in total. The number of methoxy groups -OCH3 is 1. The molecule has 0 saturated heterocycles. The van der Waals surface area contributed by atoms with Crippen molar-refractivity contribution in [2.24, 2.45) is 4.99 Å². The first-order valence-corrected chi connectivity index (χ1v) is 6.17. The summed E-state index contributed by atoms with van der Waals surface area (Å²) in [6.07, 6.45) is -4.61. The largest absolute Gasteiger partial charge is 0.416 e. The van der Waals surface area contributed by atoms with E-state index in [2.05, 4.69) is 15.6 Å². The van der Waals surface area contributed by atoms with E-state index in [0.29, 0.717) is 25.2 Å². The molecule has 118 valence electrons. The van der Waals surface area contributed by atoms with E-state index in [0.717, 1.165) is 12.1 Å². The Balaban J connectivity index is 2.74. The molecule has 1 aromatic rings. The van der Waals surface area contributed by atoms with E-state index >= 15 is 0 Å². The quantitative estimate of drug-likeness (QED) is 0.379. The van der Waals surface area contributed by atoms with Gasteiger partial charge in [0.05, 0.1) is 12.2 Å². The lowest BCUT2D eigenvalue weighted by Crippen LogP contribution is -2.38. The number of benzene rings is 1. The number of nitrogens with zero attached hydrogens (tertiary/aromatic N) is 1. The van der Waals surface area contributed by atoms with Crippen LogP contribution in [0.2, 0.25) is 0 Å². The minimum Gasteiger partial charge on any atom is -0.383 e. The van der Waals surface area contributed by atoms with Crippen LogP contribution in [-0.2, 0) is 17.5 Å². The molecule has 1 rings (SSSR count). The molecular formula is C13H17F4N3O. The highest BCUT2D eigenvalue weighted by Gasteiger charge is 2.33. The van der Waals surface area contributed by atoms with Gasteiger partial charge in [0, 0.05) is 27.2 Å². The molecular weight excluding hydrogens is 290 g/mol. The van der Waals surface area contributed by atoms with Crippen LogP contribution in [0, 0.1) is 5.82 Å². The van der Waals surface area contributed by atoms with Gasteiger partial charge in [-0.05, 0) is 17.7 Å². The molecule has 0 saturated carbocycles. The number of halogens is 4. The first-order valence-electron chi connectivity index (χ1n) is 6.17. The van der Waals surface area contributed by atoms with Gasteiger partial charge in [-0.3, -0.25) is 4.99 Å². The summed E-state index contributed by atoms with van der Waals surface area (Å²) < 4.78 is 56.3. The summed E-state index contributed by atoms with van der Waals surface area (Å²) >= 11 is 0. The molecule has 0 spiro atoms. The van der Waals surface area contributed by atoms with E-state index in [9.17, 15) is 17.6 Å². The van der Waals surface area contributed by atoms with Gasteiger partial charge in [0.15, 0.2) is 5.96 Å². The molecule has 0 aromatic heterocycles. The van der Waals surface area contributed by atoms with Crippen molar-refractivity contribution in [3.63, 3.8) is 0 Å². The fourth-order valence-electron chi connectivity index (χ4n) is 1.64. The van der Waals surface area contributed by atoms with Crippen molar-refractivity contribution in [1.82, 2.24) is 10.6 Å². The molecule has 21 heavy (non-hydrogen) atoms. The molecule has 0 bridgehead atoms. The van der Waals surface area contributed by atoms with E-state index < -0.39 is 17.6 Å². The van der Waals surface area contributed by atoms with Gasteiger partial charge in [-0.2, -0.15) is 13.2 Å². The Kier molecular flexibility index (Phi) is 6.41. The average molecular weight is 307 g/mol. The SMILES string of the molecule is CN=C(NCCOC)NCc1ccc(F)cc1C(F)(F)F. The number of aliphatic imine (C=N–C) groups is 1. The average Bonchev–Trinajstić information content (AvgIpc) is 2.42.